The third-order valence-electron chi connectivity index (χ3n) is 0.825. The summed E-state index contributed by atoms with van der Waals surface area (Å²) < 4.78 is 0. The first-order chi connectivity index (χ1) is 4.54. The monoisotopic (exact) mass is 144 g/mol. The highest BCUT2D eigenvalue weighted by atomic mass is 16.3. The van der Waals surface area contributed by atoms with Crippen molar-refractivity contribution in [2.45, 2.75) is 26.1 Å². The molecule has 0 heterocycles. The van der Waals surface area contributed by atoms with Crippen molar-refractivity contribution in [2.75, 3.05) is 0 Å². The number of nitrogens with one attached hydrogen (secondary N) is 1. The molecular formula is C6H12N2O2. The van der Waals surface area contributed by atoms with Crippen molar-refractivity contribution in [3.8, 4) is 0 Å². The Hall–Kier alpha value is -0.740. The number of hydrogen-bond acceptors (Lipinski definition) is 3. The number of rotatable bonds is 2. The fraction of sp³-hybridized carbons (Fsp3) is 0.667. The van der Waals surface area contributed by atoms with E-state index in [1.807, 2.05) is 0 Å². The van der Waals surface area contributed by atoms with Crippen molar-refractivity contribution >= 4 is 12.1 Å². The van der Waals surface area contributed by atoms with Gasteiger partial charge in [0.1, 0.15) is 11.9 Å². The van der Waals surface area contributed by atoms with Gasteiger partial charge in [0.2, 0.25) is 0 Å². The van der Waals surface area contributed by atoms with Gasteiger partial charge >= 0.3 is 0 Å². The molecule has 0 bridgehead atoms. The third-order valence-corrected chi connectivity index (χ3v) is 0.825. The Morgan fingerprint density at radius 2 is 2.00 bits per heavy atom. The topological polar surface area (TPSA) is 76.7 Å². The van der Waals surface area contributed by atoms with Crippen LogP contribution in [0.15, 0.2) is 4.99 Å². The van der Waals surface area contributed by atoms with Crippen molar-refractivity contribution in [3.05, 3.63) is 0 Å². The maximum Gasteiger partial charge on any atom is 0.148 e. The Balaban J connectivity index is 3.79. The van der Waals surface area contributed by atoms with E-state index in [0.29, 0.717) is 0 Å². The normalized spacial score (nSPS) is 17.2. The molecule has 58 valence electrons. The standard InChI is InChI=1S/C6H12N2O2/c1-4(9)3-8-6(7)5(2)10/h3-5,7,9-10H,1-2H3. The van der Waals surface area contributed by atoms with Crippen LogP contribution < -0.4 is 0 Å². The molecule has 0 fully saturated rings. The third kappa shape index (κ3) is 4.17. The average Bonchev–Trinajstić information content (AvgIpc) is 1.82. The van der Waals surface area contributed by atoms with Gasteiger partial charge in [-0.05, 0) is 13.8 Å². The van der Waals surface area contributed by atoms with E-state index in [4.69, 9.17) is 15.6 Å². The lowest BCUT2D eigenvalue weighted by molar-refractivity contribution is 0.258. The van der Waals surface area contributed by atoms with Crippen molar-refractivity contribution < 1.29 is 10.2 Å². The molecule has 2 atom stereocenters. The summed E-state index contributed by atoms with van der Waals surface area (Å²) in [5, 5.41) is 24.3. The van der Waals surface area contributed by atoms with Crippen molar-refractivity contribution in [1.29, 1.82) is 5.41 Å². The molecule has 0 aliphatic rings. The van der Waals surface area contributed by atoms with Crippen LogP contribution in [-0.4, -0.2) is 34.5 Å². The van der Waals surface area contributed by atoms with Crippen LogP contribution in [0.5, 0.6) is 0 Å². The van der Waals surface area contributed by atoms with Crippen molar-refractivity contribution in [3.63, 3.8) is 0 Å². The van der Waals surface area contributed by atoms with Gasteiger partial charge in [0.15, 0.2) is 0 Å². The first-order valence-corrected chi connectivity index (χ1v) is 3.02. The molecule has 0 aromatic carbocycles. The molecule has 0 saturated heterocycles. The molecule has 0 aliphatic heterocycles. The summed E-state index contributed by atoms with van der Waals surface area (Å²) in [5.74, 6) is -0.138. The molecule has 4 nitrogen and oxygen atoms in total. The highest BCUT2D eigenvalue weighted by Crippen LogP contribution is 1.85. The van der Waals surface area contributed by atoms with E-state index >= 15 is 0 Å². The number of nitrogens with zero attached hydrogens (tertiary/aromatic N) is 1. The van der Waals surface area contributed by atoms with Gasteiger partial charge in [0.05, 0.1) is 6.10 Å². The maximum atomic E-state index is 8.71. The highest BCUT2D eigenvalue weighted by Gasteiger charge is 2.00. The number of aliphatic imine (C=N–C) groups is 1. The molecule has 2 unspecified atom stereocenters. The molecule has 0 saturated carbocycles. The van der Waals surface area contributed by atoms with Gasteiger partial charge in [-0.25, -0.2) is 4.99 Å². The van der Waals surface area contributed by atoms with E-state index in [9.17, 15) is 0 Å². The predicted octanol–water partition coefficient (Wildman–Crippen LogP) is -0.204. The maximum absolute atomic E-state index is 8.71. The molecule has 0 aliphatic carbocycles. The molecule has 0 aromatic heterocycles. The summed E-state index contributed by atoms with van der Waals surface area (Å²) in [5.41, 5.74) is 0. The Bertz CT molecular complexity index is 141. The summed E-state index contributed by atoms with van der Waals surface area (Å²) in [7, 11) is 0. The van der Waals surface area contributed by atoms with Crippen LogP contribution in [0.25, 0.3) is 0 Å². The Kier molecular flexibility index (Phi) is 3.83. The van der Waals surface area contributed by atoms with Crippen LogP contribution in [0.2, 0.25) is 0 Å². The lowest BCUT2D eigenvalue weighted by Crippen LogP contribution is -2.14. The van der Waals surface area contributed by atoms with Crippen LogP contribution in [0, 0.1) is 5.41 Å². The van der Waals surface area contributed by atoms with Crippen LogP contribution in [0.4, 0.5) is 0 Å². The summed E-state index contributed by atoms with van der Waals surface area (Å²) in [6.07, 6.45) is -0.330. The smallest absolute Gasteiger partial charge is 0.148 e. The Morgan fingerprint density at radius 1 is 1.50 bits per heavy atom. The SMILES string of the molecule is CC(O)C=NC(=N)C(C)O. The van der Waals surface area contributed by atoms with Crippen LogP contribution in [0.3, 0.4) is 0 Å². The van der Waals surface area contributed by atoms with Crippen LogP contribution in [0.1, 0.15) is 13.8 Å². The van der Waals surface area contributed by atoms with Crippen molar-refractivity contribution in [2.24, 2.45) is 4.99 Å². The molecule has 0 spiro atoms. The van der Waals surface area contributed by atoms with E-state index in [1.165, 1.54) is 20.1 Å². The van der Waals surface area contributed by atoms with E-state index < -0.39 is 12.2 Å². The van der Waals surface area contributed by atoms with Crippen molar-refractivity contribution in [1.82, 2.24) is 0 Å². The van der Waals surface area contributed by atoms with Gasteiger partial charge in [0.25, 0.3) is 0 Å². The zero-order valence-corrected chi connectivity index (χ0v) is 6.07. The van der Waals surface area contributed by atoms with Gasteiger partial charge in [-0.3, -0.25) is 5.41 Å². The second-order valence-electron chi connectivity index (χ2n) is 2.08. The largest absolute Gasteiger partial charge is 0.388 e. The summed E-state index contributed by atoms with van der Waals surface area (Å²) in [4.78, 5) is 3.48. The van der Waals surface area contributed by atoms with E-state index in [1.54, 1.807) is 0 Å². The van der Waals surface area contributed by atoms with Gasteiger partial charge < -0.3 is 10.2 Å². The van der Waals surface area contributed by atoms with Gasteiger partial charge in [-0.2, -0.15) is 0 Å². The zero-order chi connectivity index (χ0) is 8.15. The molecular weight excluding hydrogens is 132 g/mol. The number of aliphatic hydroxyl groups is 2. The first kappa shape index (κ1) is 9.26. The lowest BCUT2D eigenvalue weighted by Gasteiger charge is -1.99. The minimum Gasteiger partial charge on any atom is -0.388 e. The van der Waals surface area contributed by atoms with Gasteiger partial charge in [0, 0.05) is 6.21 Å². The second kappa shape index (κ2) is 4.14. The van der Waals surface area contributed by atoms with E-state index in [-0.39, 0.29) is 5.84 Å². The first-order valence-electron chi connectivity index (χ1n) is 3.02. The minimum absolute atomic E-state index is 0.138. The summed E-state index contributed by atoms with van der Waals surface area (Å²) in [6.45, 7) is 2.97. The van der Waals surface area contributed by atoms with Gasteiger partial charge in [-0.15, -0.1) is 0 Å². The summed E-state index contributed by atoms with van der Waals surface area (Å²) in [6, 6.07) is 0. The zero-order valence-electron chi connectivity index (χ0n) is 6.07. The molecule has 4 heteroatoms. The number of hydrogen-bond donors (Lipinski definition) is 3. The Morgan fingerprint density at radius 3 is 2.30 bits per heavy atom. The lowest BCUT2D eigenvalue weighted by atomic mass is 10.4. The van der Waals surface area contributed by atoms with Gasteiger partial charge in [-0.1, -0.05) is 0 Å². The molecule has 3 N–H and O–H groups in total. The molecule has 0 aromatic rings. The second-order valence-corrected chi connectivity index (χ2v) is 2.08. The fourth-order valence-electron chi connectivity index (χ4n) is 0.296. The number of amidine groups is 1. The predicted molar refractivity (Wildman–Crippen MR) is 39.6 cm³/mol. The molecule has 10 heavy (non-hydrogen) atoms. The molecule has 0 radical (unpaired) electrons. The van der Waals surface area contributed by atoms with E-state index in [0.717, 1.165) is 0 Å². The minimum atomic E-state index is -0.866. The summed E-state index contributed by atoms with van der Waals surface area (Å²) >= 11 is 0. The molecule has 0 rings (SSSR count). The number of aliphatic hydroxyl groups excluding tert-OH is 2. The van der Waals surface area contributed by atoms with Crippen LogP contribution >= 0.6 is 0 Å². The Labute approximate surface area is 59.7 Å². The van der Waals surface area contributed by atoms with E-state index in [2.05, 4.69) is 4.99 Å². The highest BCUT2D eigenvalue weighted by molar-refractivity contribution is 5.90. The quantitative estimate of drug-likeness (QED) is 0.370. The van der Waals surface area contributed by atoms with Crippen LogP contribution in [-0.2, 0) is 0 Å². The average molecular weight is 144 g/mol. The molecule has 0 amide bonds. The fourth-order valence-corrected chi connectivity index (χ4v) is 0.296.